The minimum atomic E-state index is -1.17. The molecule has 3 aliphatic heterocycles. The van der Waals surface area contributed by atoms with Crippen LogP contribution >= 0.6 is 0 Å². The number of nitrogens with zero attached hydrogens (tertiary/aromatic N) is 1. The summed E-state index contributed by atoms with van der Waals surface area (Å²) in [5, 5.41) is 4.79. The average molecular weight is 426 g/mol. The van der Waals surface area contributed by atoms with E-state index in [9.17, 15) is 19.2 Å². The van der Waals surface area contributed by atoms with Crippen LogP contribution in [0.15, 0.2) is 24.3 Å². The van der Waals surface area contributed by atoms with Gasteiger partial charge in [0.1, 0.15) is 17.9 Å². The van der Waals surface area contributed by atoms with Gasteiger partial charge in [0.2, 0.25) is 23.3 Å². The maximum atomic E-state index is 13.8. The number of anilines is 1. The second-order valence-electron chi connectivity index (χ2n) is 9.40. The number of carbonyl (C=O) groups excluding carboxylic acids is 4. The van der Waals surface area contributed by atoms with E-state index in [2.05, 4.69) is 5.32 Å². The Bertz CT molecular complexity index is 955. The zero-order chi connectivity index (χ0) is 21.8. The van der Waals surface area contributed by atoms with Gasteiger partial charge in [0, 0.05) is 24.4 Å². The molecule has 0 unspecified atom stereocenters. The van der Waals surface area contributed by atoms with E-state index in [4.69, 9.17) is 5.73 Å². The number of likely N-dealkylation sites (tertiary alicyclic amines) is 1. The Morgan fingerprint density at radius 2 is 1.81 bits per heavy atom. The standard InChI is InChI=1S/C23H28N4O4/c24-17(28)12-11-16-18-19(21(30)27(20(18)29)13-7-3-1-2-4-8-13)23(26-16)14-9-5-6-10-15(14)25-22(23)31/h5-6,9-10,13,16,18-19,26H,1-4,7-8,11-12H2,(H2,24,28)(H,25,31)/p+1/t16-,18-,19+,23+/m1/s1. The molecule has 164 valence electrons. The fourth-order valence-corrected chi connectivity index (χ4v) is 6.39. The molecule has 1 spiro atoms. The van der Waals surface area contributed by atoms with Gasteiger partial charge in [-0.1, -0.05) is 43.9 Å². The Kier molecular flexibility index (Phi) is 4.84. The maximum Gasteiger partial charge on any atom is 0.291 e. The number of hydrogen-bond acceptors (Lipinski definition) is 4. The molecule has 3 fully saturated rings. The molecule has 31 heavy (non-hydrogen) atoms. The van der Waals surface area contributed by atoms with Gasteiger partial charge in [0.25, 0.3) is 5.91 Å². The van der Waals surface area contributed by atoms with Crippen molar-refractivity contribution in [1.82, 2.24) is 4.90 Å². The summed E-state index contributed by atoms with van der Waals surface area (Å²) in [7, 11) is 0. The normalized spacial score (nSPS) is 32.8. The first-order valence-corrected chi connectivity index (χ1v) is 11.4. The van der Waals surface area contributed by atoms with E-state index in [1.54, 1.807) is 0 Å². The first kappa shape index (κ1) is 20.2. The lowest BCUT2D eigenvalue weighted by molar-refractivity contribution is -0.734. The van der Waals surface area contributed by atoms with Crippen LogP contribution < -0.4 is 16.4 Å². The number of quaternary nitrogens is 1. The lowest BCUT2D eigenvalue weighted by Gasteiger charge is -2.30. The molecule has 5 rings (SSSR count). The summed E-state index contributed by atoms with van der Waals surface area (Å²) >= 11 is 0. The number of benzene rings is 1. The van der Waals surface area contributed by atoms with Gasteiger partial charge in [-0.2, -0.15) is 0 Å². The number of para-hydroxylation sites is 1. The lowest BCUT2D eigenvalue weighted by atomic mass is 9.76. The molecule has 2 saturated heterocycles. The molecule has 1 aliphatic carbocycles. The van der Waals surface area contributed by atoms with Crippen molar-refractivity contribution in [2.75, 3.05) is 5.32 Å². The molecule has 4 amide bonds. The van der Waals surface area contributed by atoms with Crippen molar-refractivity contribution in [1.29, 1.82) is 0 Å². The number of imide groups is 1. The zero-order valence-electron chi connectivity index (χ0n) is 17.5. The van der Waals surface area contributed by atoms with Crippen molar-refractivity contribution in [2.45, 2.75) is 69.0 Å². The molecule has 1 saturated carbocycles. The highest BCUT2D eigenvalue weighted by atomic mass is 16.2. The number of amides is 4. The number of rotatable bonds is 4. The third-order valence-electron chi connectivity index (χ3n) is 7.72. The quantitative estimate of drug-likeness (QED) is 0.476. The van der Waals surface area contributed by atoms with Gasteiger partial charge in [0.15, 0.2) is 0 Å². The molecule has 0 aromatic heterocycles. The predicted octanol–water partition coefficient (Wildman–Crippen LogP) is 0.369. The summed E-state index contributed by atoms with van der Waals surface area (Å²) in [4.78, 5) is 53.8. The highest BCUT2D eigenvalue weighted by molar-refractivity contribution is 6.14. The first-order valence-electron chi connectivity index (χ1n) is 11.4. The van der Waals surface area contributed by atoms with Crippen LogP contribution in [0.25, 0.3) is 0 Å². The van der Waals surface area contributed by atoms with Gasteiger partial charge >= 0.3 is 0 Å². The van der Waals surface area contributed by atoms with Crippen LogP contribution in [0.4, 0.5) is 5.69 Å². The van der Waals surface area contributed by atoms with Crippen molar-refractivity contribution in [3.8, 4) is 0 Å². The van der Waals surface area contributed by atoms with Gasteiger partial charge in [-0.05, 0) is 18.9 Å². The maximum absolute atomic E-state index is 13.8. The summed E-state index contributed by atoms with van der Waals surface area (Å²) in [6.07, 6.45) is 6.37. The summed E-state index contributed by atoms with van der Waals surface area (Å²) in [6, 6.07) is 6.94. The van der Waals surface area contributed by atoms with E-state index in [1.807, 2.05) is 29.6 Å². The molecule has 3 heterocycles. The molecule has 5 N–H and O–H groups in total. The molecular formula is C23H29N4O4+. The number of nitrogens with two attached hydrogens (primary N) is 2. The van der Waals surface area contributed by atoms with Crippen molar-refractivity contribution < 1.29 is 24.5 Å². The summed E-state index contributed by atoms with van der Waals surface area (Å²) in [5.74, 6) is -2.49. The Hall–Kier alpha value is -2.74. The second-order valence-corrected chi connectivity index (χ2v) is 9.40. The predicted molar refractivity (Wildman–Crippen MR) is 111 cm³/mol. The smallest absolute Gasteiger partial charge is 0.291 e. The van der Waals surface area contributed by atoms with Gasteiger partial charge < -0.3 is 16.4 Å². The SMILES string of the molecule is NC(=O)CC[C@H]1[NH2+][C@]2(C(=O)Nc3ccccc32)[C@@H]2C(=O)N(C3CCCCCC3)C(=O)[C@@H]21. The number of fused-ring (bicyclic) bond motifs is 4. The fraction of sp³-hybridized carbons (Fsp3) is 0.565. The zero-order valence-corrected chi connectivity index (χ0v) is 17.5. The third-order valence-corrected chi connectivity index (χ3v) is 7.72. The van der Waals surface area contributed by atoms with E-state index in [0.717, 1.165) is 44.1 Å². The highest BCUT2D eigenvalue weighted by Crippen LogP contribution is 2.50. The number of nitrogens with one attached hydrogen (secondary N) is 1. The summed E-state index contributed by atoms with van der Waals surface area (Å²) < 4.78 is 0. The van der Waals surface area contributed by atoms with E-state index in [0.29, 0.717) is 12.1 Å². The van der Waals surface area contributed by atoms with Crippen LogP contribution in [0.2, 0.25) is 0 Å². The van der Waals surface area contributed by atoms with Gasteiger partial charge in [-0.3, -0.25) is 24.1 Å². The molecule has 0 radical (unpaired) electrons. The minimum Gasteiger partial charge on any atom is -0.370 e. The highest BCUT2D eigenvalue weighted by Gasteiger charge is 2.74. The van der Waals surface area contributed by atoms with Crippen LogP contribution in [0.3, 0.4) is 0 Å². The molecule has 8 heteroatoms. The second kappa shape index (κ2) is 7.44. The summed E-state index contributed by atoms with van der Waals surface area (Å²) in [5.41, 5.74) is 5.65. The van der Waals surface area contributed by atoms with Crippen LogP contribution in [-0.4, -0.2) is 40.6 Å². The molecule has 1 aromatic rings. The fourth-order valence-electron chi connectivity index (χ4n) is 6.39. The molecule has 0 bridgehead atoms. The van der Waals surface area contributed by atoms with E-state index < -0.39 is 23.3 Å². The Balaban J connectivity index is 1.58. The summed E-state index contributed by atoms with van der Waals surface area (Å²) in [6.45, 7) is 0. The van der Waals surface area contributed by atoms with Crippen LogP contribution in [-0.2, 0) is 24.7 Å². The van der Waals surface area contributed by atoms with Gasteiger partial charge in [0.05, 0.1) is 5.69 Å². The Morgan fingerprint density at radius 3 is 2.52 bits per heavy atom. The Morgan fingerprint density at radius 1 is 1.10 bits per heavy atom. The van der Waals surface area contributed by atoms with Crippen molar-refractivity contribution in [3.63, 3.8) is 0 Å². The largest absolute Gasteiger partial charge is 0.370 e. The number of carbonyl (C=O) groups is 4. The lowest BCUT2D eigenvalue weighted by Crippen LogP contribution is -2.99. The van der Waals surface area contributed by atoms with Crippen LogP contribution in [0.1, 0.15) is 56.9 Å². The number of primary amides is 1. The molecule has 8 nitrogen and oxygen atoms in total. The van der Waals surface area contributed by atoms with Crippen LogP contribution in [0.5, 0.6) is 0 Å². The molecule has 1 aromatic carbocycles. The van der Waals surface area contributed by atoms with E-state index in [-0.39, 0.29) is 36.2 Å². The van der Waals surface area contributed by atoms with Crippen molar-refractivity contribution in [3.05, 3.63) is 29.8 Å². The van der Waals surface area contributed by atoms with E-state index in [1.165, 1.54) is 4.90 Å². The average Bonchev–Trinajstić information content (AvgIpc) is 3.21. The van der Waals surface area contributed by atoms with Crippen molar-refractivity contribution >= 4 is 29.3 Å². The molecule has 4 atom stereocenters. The third kappa shape index (κ3) is 2.91. The molecule has 4 aliphatic rings. The van der Waals surface area contributed by atoms with Crippen LogP contribution in [0, 0.1) is 11.8 Å². The minimum absolute atomic E-state index is 0.0957. The van der Waals surface area contributed by atoms with Gasteiger partial charge in [-0.25, -0.2) is 0 Å². The first-order chi connectivity index (χ1) is 14.9. The number of hydrogen-bond donors (Lipinski definition) is 3. The van der Waals surface area contributed by atoms with E-state index >= 15 is 0 Å². The monoisotopic (exact) mass is 425 g/mol. The molecular weight excluding hydrogens is 396 g/mol. The van der Waals surface area contributed by atoms with Crippen molar-refractivity contribution in [2.24, 2.45) is 17.6 Å². The Labute approximate surface area is 180 Å². The van der Waals surface area contributed by atoms with Gasteiger partial charge in [-0.15, -0.1) is 0 Å². The topological polar surface area (TPSA) is 126 Å².